The number of hydrogen-bond donors (Lipinski definition) is 3. The Labute approximate surface area is 184 Å². The number of amides is 1. The molecule has 0 heterocycles. The molecule has 0 saturated heterocycles. The van der Waals surface area contributed by atoms with E-state index >= 15 is 0 Å². The largest absolute Gasteiger partial charge is 0.491 e. The standard InChI is InChI=1S/C24H34N2O5/c1-2-29-16-6-14-26-24(28)19-31-23-11-9-20(10-12-23)13-15-25-17-21(27)18-30-22-7-4-3-5-8-22/h3-5,7-12,21,25,27H,2,6,13-19H2,1H3,(H,26,28). The Morgan fingerprint density at radius 2 is 1.74 bits per heavy atom. The number of para-hydroxylation sites is 1. The monoisotopic (exact) mass is 430 g/mol. The number of benzene rings is 2. The van der Waals surface area contributed by atoms with Crippen LogP contribution in [0.2, 0.25) is 0 Å². The van der Waals surface area contributed by atoms with Crippen molar-refractivity contribution in [1.29, 1.82) is 0 Å². The van der Waals surface area contributed by atoms with Gasteiger partial charge in [-0.2, -0.15) is 0 Å². The summed E-state index contributed by atoms with van der Waals surface area (Å²) in [5, 5.41) is 16.0. The average molecular weight is 431 g/mol. The zero-order chi connectivity index (χ0) is 22.2. The van der Waals surface area contributed by atoms with E-state index in [4.69, 9.17) is 14.2 Å². The van der Waals surface area contributed by atoms with Crippen LogP contribution in [0.5, 0.6) is 11.5 Å². The first-order chi connectivity index (χ1) is 15.2. The predicted octanol–water partition coefficient (Wildman–Crippen LogP) is 2.18. The number of carbonyl (C=O) groups excluding carboxylic acids is 1. The van der Waals surface area contributed by atoms with E-state index in [1.807, 2.05) is 61.5 Å². The van der Waals surface area contributed by atoms with Crippen molar-refractivity contribution >= 4 is 5.91 Å². The van der Waals surface area contributed by atoms with E-state index < -0.39 is 6.10 Å². The molecule has 1 amide bonds. The van der Waals surface area contributed by atoms with Crippen LogP contribution in [0.3, 0.4) is 0 Å². The number of ether oxygens (including phenoxy) is 3. The molecule has 2 aromatic rings. The van der Waals surface area contributed by atoms with Gasteiger partial charge in [0.1, 0.15) is 24.2 Å². The topological polar surface area (TPSA) is 89.1 Å². The van der Waals surface area contributed by atoms with Gasteiger partial charge in [0.05, 0.1) is 0 Å². The normalized spacial score (nSPS) is 11.7. The fraction of sp³-hybridized carbons (Fsp3) is 0.458. The Morgan fingerprint density at radius 3 is 2.48 bits per heavy atom. The van der Waals surface area contributed by atoms with E-state index in [1.165, 1.54) is 0 Å². The van der Waals surface area contributed by atoms with Crippen molar-refractivity contribution in [3.63, 3.8) is 0 Å². The molecule has 1 atom stereocenters. The molecule has 7 heteroatoms. The lowest BCUT2D eigenvalue weighted by atomic mass is 10.1. The van der Waals surface area contributed by atoms with Gasteiger partial charge in [-0.1, -0.05) is 30.3 Å². The molecule has 0 aliphatic heterocycles. The maximum atomic E-state index is 11.8. The van der Waals surface area contributed by atoms with Gasteiger partial charge in [-0.3, -0.25) is 4.79 Å². The summed E-state index contributed by atoms with van der Waals surface area (Å²) < 4.78 is 16.3. The number of nitrogens with one attached hydrogen (secondary N) is 2. The molecular weight excluding hydrogens is 396 g/mol. The summed E-state index contributed by atoms with van der Waals surface area (Å²) in [5.41, 5.74) is 1.15. The SMILES string of the molecule is CCOCCCNC(=O)COc1ccc(CCNCC(O)COc2ccccc2)cc1. The van der Waals surface area contributed by atoms with E-state index in [1.54, 1.807) is 0 Å². The minimum Gasteiger partial charge on any atom is -0.491 e. The van der Waals surface area contributed by atoms with Crippen molar-refractivity contribution in [2.75, 3.05) is 46.1 Å². The Bertz CT molecular complexity index is 725. The third kappa shape index (κ3) is 11.4. The summed E-state index contributed by atoms with van der Waals surface area (Å²) in [4.78, 5) is 11.8. The van der Waals surface area contributed by atoms with Gasteiger partial charge in [-0.25, -0.2) is 0 Å². The highest BCUT2D eigenvalue weighted by atomic mass is 16.5. The molecule has 0 bridgehead atoms. The zero-order valence-electron chi connectivity index (χ0n) is 18.2. The highest BCUT2D eigenvalue weighted by molar-refractivity contribution is 5.77. The predicted molar refractivity (Wildman–Crippen MR) is 121 cm³/mol. The van der Waals surface area contributed by atoms with Crippen molar-refractivity contribution in [3.05, 3.63) is 60.2 Å². The quantitative estimate of drug-likeness (QED) is 0.354. The maximum Gasteiger partial charge on any atom is 0.257 e. The first-order valence-corrected chi connectivity index (χ1v) is 10.8. The van der Waals surface area contributed by atoms with Crippen LogP contribution in [0.4, 0.5) is 0 Å². The van der Waals surface area contributed by atoms with Gasteiger partial charge >= 0.3 is 0 Å². The summed E-state index contributed by atoms with van der Waals surface area (Å²) >= 11 is 0. The molecular formula is C24H34N2O5. The Balaban J connectivity index is 1.54. The highest BCUT2D eigenvalue weighted by Crippen LogP contribution is 2.12. The molecule has 0 fully saturated rings. The molecule has 0 spiro atoms. The van der Waals surface area contributed by atoms with E-state index in [0.29, 0.717) is 32.1 Å². The lowest BCUT2D eigenvalue weighted by molar-refractivity contribution is -0.123. The minimum atomic E-state index is -0.568. The molecule has 0 radical (unpaired) electrons. The third-order valence-corrected chi connectivity index (χ3v) is 4.44. The van der Waals surface area contributed by atoms with Crippen molar-refractivity contribution in [2.24, 2.45) is 0 Å². The van der Waals surface area contributed by atoms with Gasteiger partial charge in [0.15, 0.2) is 6.61 Å². The first-order valence-electron chi connectivity index (χ1n) is 10.8. The maximum absolute atomic E-state index is 11.8. The third-order valence-electron chi connectivity index (χ3n) is 4.44. The molecule has 31 heavy (non-hydrogen) atoms. The molecule has 0 aliphatic rings. The van der Waals surface area contributed by atoms with Gasteiger partial charge in [-0.05, 0) is 56.1 Å². The van der Waals surface area contributed by atoms with Crippen molar-refractivity contribution in [3.8, 4) is 11.5 Å². The van der Waals surface area contributed by atoms with E-state index in [-0.39, 0.29) is 19.1 Å². The highest BCUT2D eigenvalue weighted by Gasteiger charge is 2.05. The van der Waals surface area contributed by atoms with Crippen LogP contribution in [-0.4, -0.2) is 63.2 Å². The minimum absolute atomic E-state index is 0.00151. The molecule has 2 rings (SSSR count). The fourth-order valence-electron chi connectivity index (χ4n) is 2.77. The molecule has 7 nitrogen and oxygen atoms in total. The summed E-state index contributed by atoms with van der Waals surface area (Å²) in [6.45, 7) is 5.33. The summed E-state index contributed by atoms with van der Waals surface area (Å²) in [5.74, 6) is 1.28. The van der Waals surface area contributed by atoms with Gasteiger partial charge in [-0.15, -0.1) is 0 Å². The Morgan fingerprint density at radius 1 is 1.00 bits per heavy atom. The summed E-state index contributed by atoms with van der Waals surface area (Å²) in [6, 6.07) is 17.1. The molecule has 170 valence electrons. The van der Waals surface area contributed by atoms with Gasteiger partial charge < -0.3 is 30.0 Å². The van der Waals surface area contributed by atoms with Crippen molar-refractivity contribution < 1.29 is 24.1 Å². The average Bonchev–Trinajstić information content (AvgIpc) is 2.80. The van der Waals surface area contributed by atoms with E-state index in [0.717, 1.165) is 30.7 Å². The molecule has 1 unspecified atom stereocenters. The second-order valence-corrected chi connectivity index (χ2v) is 7.07. The van der Waals surface area contributed by atoms with Gasteiger partial charge in [0, 0.05) is 26.3 Å². The van der Waals surface area contributed by atoms with Crippen LogP contribution in [0.15, 0.2) is 54.6 Å². The van der Waals surface area contributed by atoms with Crippen LogP contribution < -0.4 is 20.1 Å². The zero-order valence-corrected chi connectivity index (χ0v) is 18.2. The van der Waals surface area contributed by atoms with Crippen LogP contribution in [-0.2, 0) is 16.0 Å². The molecule has 2 aromatic carbocycles. The van der Waals surface area contributed by atoms with Crippen molar-refractivity contribution in [1.82, 2.24) is 10.6 Å². The van der Waals surface area contributed by atoms with Crippen LogP contribution in [0, 0.1) is 0 Å². The van der Waals surface area contributed by atoms with Crippen LogP contribution in [0.25, 0.3) is 0 Å². The van der Waals surface area contributed by atoms with Gasteiger partial charge in [0.2, 0.25) is 0 Å². The number of hydrogen-bond acceptors (Lipinski definition) is 6. The number of aliphatic hydroxyl groups excluding tert-OH is 1. The lowest BCUT2D eigenvalue weighted by Gasteiger charge is -2.13. The van der Waals surface area contributed by atoms with Crippen LogP contribution in [0.1, 0.15) is 18.9 Å². The number of carbonyl (C=O) groups is 1. The van der Waals surface area contributed by atoms with E-state index in [2.05, 4.69) is 10.6 Å². The Hall–Kier alpha value is -2.61. The van der Waals surface area contributed by atoms with E-state index in [9.17, 15) is 9.90 Å². The number of aliphatic hydroxyl groups is 1. The smallest absolute Gasteiger partial charge is 0.257 e. The lowest BCUT2D eigenvalue weighted by Crippen LogP contribution is -2.32. The first kappa shape index (κ1) is 24.7. The molecule has 0 saturated carbocycles. The van der Waals surface area contributed by atoms with Crippen molar-refractivity contribution in [2.45, 2.75) is 25.9 Å². The second-order valence-electron chi connectivity index (χ2n) is 7.07. The van der Waals surface area contributed by atoms with Crippen LogP contribution >= 0.6 is 0 Å². The molecule has 0 aliphatic carbocycles. The summed E-state index contributed by atoms with van der Waals surface area (Å²) in [7, 11) is 0. The molecule has 0 aromatic heterocycles. The molecule has 3 N–H and O–H groups in total. The Kier molecular flexibility index (Phi) is 12.1. The fourth-order valence-corrected chi connectivity index (χ4v) is 2.77. The number of rotatable bonds is 16. The second kappa shape index (κ2) is 15.2. The summed E-state index contributed by atoms with van der Waals surface area (Å²) in [6.07, 6.45) is 1.05. The van der Waals surface area contributed by atoms with Gasteiger partial charge in [0.25, 0.3) is 5.91 Å².